The maximum absolute atomic E-state index is 12.9. The summed E-state index contributed by atoms with van der Waals surface area (Å²) in [6.45, 7) is 10.00. The minimum Gasteiger partial charge on any atom is -0.492 e. The van der Waals surface area contributed by atoms with Crippen LogP contribution in [0.1, 0.15) is 62.0 Å². The van der Waals surface area contributed by atoms with E-state index in [1.54, 1.807) is 5.38 Å². The lowest BCUT2D eigenvalue weighted by Gasteiger charge is -2.45. The van der Waals surface area contributed by atoms with Gasteiger partial charge in [-0.2, -0.15) is 0 Å². The molecular formula is C26H38N4O2S. The Kier molecular flexibility index (Phi) is 7.91. The standard InChI is InChI=1S/C26H38N4O2S/c1-20(2)17-29-15-16-32-23-9-4-3-7-21(23)8-5-6-10-26(19-29)11-13-30(14-12-26)24(31)22-18-33-25(27)28-22/h3-4,7,9,18,20H,5-6,8,10-17,19H2,1-2H3,(H2,27,28). The SMILES string of the molecule is CC(C)CN1CCOc2ccccc2CCCCC2(CCN(C(=O)c3csc(N)n3)CC2)C1. The zero-order chi connectivity index (χ0) is 23.3. The fourth-order valence-corrected chi connectivity index (χ4v) is 5.93. The maximum Gasteiger partial charge on any atom is 0.273 e. The number of benzene rings is 1. The summed E-state index contributed by atoms with van der Waals surface area (Å²) in [6, 6.07) is 8.50. The van der Waals surface area contributed by atoms with Crippen molar-refractivity contribution in [3.8, 4) is 5.75 Å². The number of ether oxygens (including phenoxy) is 1. The number of carbonyl (C=O) groups is 1. The molecule has 0 unspecified atom stereocenters. The molecule has 180 valence electrons. The minimum atomic E-state index is 0.0231. The first kappa shape index (κ1) is 24.0. The van der Waals surface area contributed by atoms with Crippen molar-refractivity contribution in [2.75, 3.05) is 45.1 Å². The number of thiazole rings is 1. The van der Waals surface area contributed by atoms with E-state index in [2.05, 4.69) is 48.0 Å². The number of nitrogen functional groups attached to an aromatic ring is 1. The summed E-state index contributed by atoms with van der Waals surface area (Å²) >= 11 is 1.33. The van der Waals surface area contributed by atoms with Gasteiger partial charge in [-0.05, 0) is 55.1 Å². The van der Waals surface area contributed by atoms with Crippen LogP contribution in [0.4, 0.5) is 5.13 Å². The van der Waals surface area contributed by atoms with E-state index in [1.807, 2.05) is 4.90 Å². The van der Waals surface area contributed by atoms with Crippen LogP contribution in [0.5, 0.6) is 5.75 Å². The first-order valence-electron chi connectivity index (χ1n) is 12.4. The first-order chi connectivity index (χ1) is 15.9. The van der Waals surface area contributed by atoms with Gasteiger partial charge in [0.15, 0.2) is 5.13 Å². The van der Waals surface area contributed by atoms with Gasteiger partial charge in [0.25, 0.3) is 5.91 Å². The molecule has 0 bridgehead atoms. The Bertz CT molecular complexity index is 921. The largest absolute Gasteiger partial charge is 0.492 e. The van der Waals surface area contributed by atoms with Crippen molar-refractivity contribution in [1.82, 2.24) is 14.8 Å². The molecule has 0 atom stereocenters. The lowest BCUT2D eigenvalue weighted by Crippen LogP contribution is -2.49. The highest BCUT2D eigenvalue weighted by Gasteiger charge is 2.37. The molecule has 6 nitrogen and oxygen atoms in total. The highest BCUT2D eigenvalue weighted by molar-refractivity contribution is 7.13. The van der Waals surface area contributed by atoms with Crippen molar-refractivity contribution in [2.45, 2.75) is 52.4 Å². The van der Waals surface area contributed by atoms with Gasteiger partial charge in [0.2, 0.25) is 0 Å². The molecular weight excluding hydrogens is 432 g/mol. The van der Waals surface area contributed by atoms with Crippen LogP contribution < -0.4 is 10.5 Å². The third kappa shape index (κ3) is 6.27. The number of aryl methyl sites for hydroxylation is 1. The topological polar surface area (TPSA) is 71.7 Å². The molecule has 2 N–H and O–H groups in total. The first-order valence-corrected chi connectivity index (χ1v) is 13.3. The average molecular weight is 471 g/mol. The molecule has 0 radical (unpaired) electrons. The lowest BCUT2D eigenvalue weighted by atomic mass is 9.73. The molecule has 1 aromatic heterocycles. The zero-order valence-corrected chi connectivity index (χ0v) is 20.9. The summed E-state index contributed by atoms with van der Waals surface area (Å²) in [7, 11) is 0. The molecule has 1 aromatic carbocycles. The van der Waals surface area contributed by atoms with Gasteiger partial charge in [0.05, 0.1) is 0 Å². The van der Waals surface area contributed by atoms with E-state index in [-0.39, 0.29) is 11.3 Å². The number of nitrogens with two attached hydrogens (primary N) is 1. The Morgan fingerprint density at radius 3 is 2.70 bits per heavy atom. The van der Waals surface area contributed by atoms with Crippen molar-refractivity contribution < 1.29 is 9.53 Å². The number of aromatic nitrogens is 1. The fraction of sp³-hybridized carbons (Fsp3) is 0.615. The van der Waals surface area contributed by atoms with Gasteiger partial charge in [-0.25, -0.2) is 4.98 Å². The molecule has 33 heavy (non-hydrogen) atoms. The van der Waals surface area contributed by atoms with Crippen LogP contribution >= 0.6 is 11.3 Å². The van der Waals surface area contributed by atoms with Crippen LogP contribution in [-0.2, 0) is 6.42 Å². The van der Waals surface area contributed by atoms with Crippen molar-refractivity contribution >= 4 is 22.4 Å². The summed E-state index contributed by atoms with van der Waals surface area (Å²) in [5, 5.41) is 2.24. The summed E-state index contributed by atoms with van der Waals surface area (Å²) in [5.41, 5.74) is 7.82. The number of piperidine rings is 1. The van der Waals surface area contributed by atoms with Gasteiger partial charge in [0, 0.05) is 38.1 Å². The Balaban J connectivity index is 1.46. The van der Waals surface area contributed by atoms with Crippen LogP contribution in [0.2, 0.25) is 0 Å². The van der Waals surface area contributed by atoms with Gasteiger partial charge in [-0.3, -0.25) is 9.69 Å². The number of fused-ring (bicyclic) bond motifs is 1. The molecule has 2 aromatic rings. The number of carbonyl (C=O) groups excluding carboxylic acids is 1. The predicted octanol–water partition coefficient (Wildman–Crippen LogP) is 4.71. The Morgan fingerprint density at radius 1 is 1.18 bits per heavy atom. The molecule has 1 spiro atoms. The quantitative estimate of drug-likeness (QED) is 0.703. The molecule has 1 amide bonds. The van der Waals surface area contributed by atoms with Gasteiger partial charge in [-0.1, -0.05) is 38.5 Å². The number of anilines is 1. The van der Waals surface area contributed by atoms with Crippen molar-refractivity contribution in [3.63, 3.8) is 0 Å². The zero-order valence-electron chi connectivity index (χ0n) is 20.1. The van der Waals surface area contributed by atoms with Crippen molar-refractivity contribution in [3.05, 3.63) is 40.9 Å². The van der Waals surface area contributed by atoms with E-state index in [4.69, 9.17) is 10.5 Å². The van der Waals surface area contributed by atoms with Gasteiger partial charge < -0.3 is 15.4 Å². The molecule has 2 aliphatic heterocycles. The number of likely N-dealkylation sites (tertiary alicyclic amines) is 1. The van der Waals surface area contributed by atoms with Gasteiger partial charge >= 0.3 is 0 Å². The summed E-state index contributed by atoms with van der Waals surface area (Å²) in [4.78, 5) is 21.7. The van der Waals surface area contributed by atoms with Crippen LogP contribution in [0.3, 0.4) is 0 Å². The van der Waals surface area contributed by atoms with Crippen LogP contribution in [0, 0.1) is 11.3 Å². The number of amides is 1. The van der Waals surface area contributed by atoms with E-state index in [0.717, 1.165) is 64.3 Å². The predicted molar refractivity (Wildman–Crippen MR) is 135 cm³/mol. The van der Waals surface area contributed by atoms with E-state index in [9.17, 15) is 4.79 Å². The highest BCUT2D eigenvalue weighted by atomic mass is 32.1. The summed E-state index contributed by atoms with van der Waals surface area (Å²) in [5.74, 6) is 1.68. The second kappa shape index (κ2) is 10.9. The Hall–Kier alpha value is -2.12. The lowest BCUT2D eigenvalue weighted by molar-refractivity contribution is 0.0352. The average Bonchev–Trinajstić information content (AvgIpc) is 3.23. The number of hydrogen-bond donors (Lipinski definition) is 1. The number of para-hydroxylation sites is 1. The molecule has 2 aliphatic rings. The smallest absolute Gasteiger partial charge is 0.273 e. The summed E-state index contributed by atoms with van der Waals surface area (Å²) in [6.07, 6.45) is 6.76. The maximum atomic E-state index is 12.9. The molecule has 4 rings (SSSR count). The molecule has 1 saturated heterocycles. The Morgan fingerprint density at radius 2 is 1.97 bits per heavy atom. The van der Waals surface area contributed by atoms with Gasteiger partial charge in [-0.15, -0.1) is 11.3 Å². The second-order valence-electron chi connectivity index (χ2n) is 10.2. The highest BCUT2D eigenvalue weighted by Crippen LogP contribution is 2.39. The molecule has 0 saturated carbocycles. The summed E-state index contributed by atoms with van der Waals surface area (Å²) < 4.78 is 6.24. The van der Waals surface area contributed by atoms with Crippen LogP contribution in [0.25, 0.3) is 0 Å². The fourth-order valence-electron chi connectivity index (χ4n) is 5.40. The normalized spacial score (nSPS) is 20.0. The number of nitrogens with zero attached hydrogens (tertiary/aromatic N) is 3. The van der Waals surface area contributed by atoms with Gasteiger partial charge in [0.1, 0.15) is 18.1 Å². The van der Waals surface area contributed by atoms with Crippen LogP contribution in [0.15, 0.2) is 29.6 Å². The van der Waals surface area contributed by atoms with Crippen LogP contribution in [-0.4, -0.2) is 60.0 Å². The second-order valence-corrected chi connectivity index (χ2v) is 11.0. The van der Waals surface area contributed by atoms with E-state index < -0.39 is 0 Å². The third-order valence-corrected chi connectivity index (χ3v) is 7.75. The Labute approximate surface area is 202 Å². The van der Waals surface area contributed by atoms with E-state index in [1.165, 1.54) is 36.2 Å². The molecule has 1 fully saturated rings. The number of hydrogen-bond acceptors (Lipinski definition) is 6. The molecule has 0 aliphatic carbocycles. The van der Waals surface area contributed by atoms with E-state index >= 15 is 0 Å². The van der Waals surface area contributed by atoms with E-state index in [0.29, 0.717) is 16.7 Å². The number of rotatable bonds is 3. The molecule has 7 heteroatoms. The van der Waals surface area contributed by atoms with Crippen molar-refractivity contribution in [1.29, 1.82) is 0 Å². The molecule has 3 heterocycles. The minimum absolute atomic E-state index is 0.0231. The van der Waals surface area contributed by atoms with Crippen molar-refractivity contribution in [2.24, 2.45) is 11.3 Å². The third-order valence-electron chi connectivity index (χ3n) is 7.08. The monoisotopic (exact) mass is 470 g/mol.